The predicted octanol–water partition coefficient (Wildman–Crippen LogP) is 4.59. The van der Waals surface area contributed by atoms with Crippen molar-refractivity contribution in [1.82, 2.24) is 5.32 Å². The van der Waals surface area contributed by atoms with Gasteiger partial charge in [0, 0.05) is 5.56 Å². The molecule has 0 unspecified atom stereocenters. The molecule has 2 aromatic carbocycles. The molecule has 0 saturated heterocycles. The summed E-state index contributed by atoms with van der Waals surface area (Å²) < 4.78 is 11.4. The maximum atomic E-state index is 12.5. The molecule has 0 radical (unpaired) electrons. The molecule has 2 amide bonds. The molecule has 0 aliphatic rings. The molecule has 0 spiro atoms. The van der Waals surface area contributed by atoms with Crippen LogP contribution in [0.3, 0.4) is 0 Å². The maximum absolute atomic E-state index is 12.5. The zero-order valence-electron chi connectivity index (χ0n) is 17.0. The number of rotatable bonds is 10. The summed E-state index contributed by atoms with van der Waals surface area (Å²) in [6.45, 7) is 6.84. The van der Waals surface area contributed by atoms with Gasteiger partial charge in [0.05, 0.1) is 30.5 Å². The molecule has 7 heteroatoms. The van der Waals surface area contributed by atoms with E-state index in [4.69, 9.17) is 21.1 Å². The number of aryl methyl sites for hydroxylation is 1. The van der Waals surface area contributed by atoms with E-state index in [-0.39, 0.29) is 18.4 Å². The third-order valence-corrected chi connectivity index (χ3v) is 4.25. The summed E-state index contributed by atoms with van der Waals surface area (Å²) in [4.78, 5) is 24.6. The molecule has 0 saturated carbocycles. The molecule has 0 fully saturated rings. The van der Waals surface area contributed by atoms with E-state index in [1.165, 1.54) is 0 Å². The van der Waals surface area contributed by atoms with Crippen LogP contribution in [0.25, 0.3) is 0 Å². The molecule has 0 aliphatic heterocycles. The molecule has 2 N–H and O–H groups in total. The maximum Gasteiger partial charge on any atom is 0.251 e. The SMILES string of the molecule is CCCOc1ccc(C(=O)NCC(=O)Nc2ccc(C)cc2Cl)cc1OCCC. The van der Waals surface area contributed by atoms with Crippen LogP contribution in [-0.4, -0.2) is 31.6 Å². The van der Waals surface area contributed by atoms with Gasteiger partial charge in [0.15, 0.2) is 11.5 Å². The molecule has 0 aliphatic carbocycles. The Morgan fingerprint density at radius 1 is 0.966 bits per heavy atom. The van der Waals surface area contributed by atoms with Crippen LogP contribution in [0.4, 0.5) is 5.69 Å². The number of hydrogen-bond acceptors (Lipinski definition) is 4. The fourth-order valence-electron chi connectivity index (χ4n) is 2.48. The molecule has 2 rings (SSSR count). The van der Waals surface area contributed by atoms with Crippen molar-refractivity contribution >= 4 is 29.1 Å². The van der Waals surface area contributed by atoms with Crippen molar-refractivity contribution in [2.75, 3.05) is 25.1 Å². The number of amides is 2. The number of halogens is 1. The summed E-state index contributed by atoms with van der Waals surface area (Å²) in [5.74, 6) is 0.375. The van der Waals surface area contributed by atoms with Gasteiger partial charge in [0.2, 0.25) is 5.91 Å². The van der Waals surface area contributed by atoms with E-state index in [1.807, 2.05) is 26.8 Å². The smallest absolute Gasteiger partial charge is 0.251 e. The lowest BCUT2D eigenvalue weighted by atomic mass is 10.2. The highest BCUT2D eigenvalue weighted by molar-refractivity contribution is 6.33. The first kappa shape index (κ1) is 22.6. The molecule has 156 valence electrons. The van der Waals surface area contributed by atoms with Crippen LogP contribution in [0.5, 0.6) is 11.5 Å². The van der Waals surface area contributed by atoms with E-state index < -0.39 is 0 Å². The number of ether oxygens (including phenoxy) is 2. The van der Waals surface area contributed by atoms with Crippen molar-refractivity contribution in [3.63, 3.8) is 0 Å². The van der Waals surface area contributed by atoms with Crippen LogP contribution in [-0.2, 0) is 4.79 Å². The Morgan fingerprint density at radius 2 is 1.66 bits per heavy atom. The van der Waals surface area contributed by atoms with Crippen molar-refractivity contribution in [1.29, 1.82) is 0 Å². The van der Waals surface area contributed by atoms with Crippen molar-refractivity contribution in [2.45, 2.75) is 33.6 Å². The van der Waals surface area contributed by atoms with Crippen LogP contribution in [0.2, 0.25) is 5.02 Å². The van der Waals surface area contributed by atoms with Crippen molar-refractivity contribution in [3.05, 3.63) is 52.5 Å². The molecule has 0 heterocycles. The Labute approximate surface area is 176 Å². The number of carbonyl (C=O) groups is 2. The topological polar surface area (TPSA) is 76.7 Å². The number of nitrogens with one attached hydrogen (secondary N) is 2. The lowest BCUT2D eigenvalue weighted by molar-refractivity contribution is -0.115. The molecule has 29 heavy (non-hydrogen) atoms. The quantitative estimate of drug-likeness (QED) is 0.591. The normalized spacial score (nSPS) is 10.3. The lowest BCUT2D eigenvalue weighted by Gasteiger charge is -2.14. The Kier molecular flexibility index (Phi) is 8.80. The summed E-state index contributed by atoms with van der Waals surface area (Å²) in [5, 5.41) is 5.74. The highest BCUT2D eigenvalue weighted by Crippen LogP contribution is 2.29. The van der Waals surface area contributed by atoms with Gasteiger partial charge in [-0.05, 0) is 55.7 Å². The minimum atomic E-state index is -0.376. The number of carbonyl (C=O) groups excluding carboxylic acids is 2. The summed E-state index contributed by atoms with van der Waals surface area (Å²) in [6, 6.07) is 10.3. The van der Waals surface area contributed by atoms with Gasteiger partial charge in [0.25, 0.3) is 5.91 Å². The average molecular weight is 419 g/mol. The van der Waals surface area contributed by atoms with Crippen molar-refractivity contribution in [2.24, 2.45) is 0 Å². The molecule has 0 atom stereocenters. The van der Waals surface area contributed by atoms with Crippen LogP contribution in [0.1, 0.15) is 42.6 Å². The van der Waals surface area contributed by atoms with E-state index in [9.17, 15) is 9.59 Å². The van der Waals surface area contributed by atoms with Gasteiger partial charge in [-0.2, -0.15) is 0 Å². The van der Waals surface area contributed by atoms with Gasteiger partial charge in [-0.25, -0.2) is 0 Å². The first-order valence-corrected chi connectivity index (χ1v) is 10.1. The zero-order chi connectivity index (χ0) is 21.2. The van der Waals surface area contributed by atoms with Crippen LogP contribution < -0.4 is 20.1 Å². The number of anilines is 1. The van der Waals surface area contributed by atoms with E-state index in [0.717, 1.165) is 18.4 Å². The third kappa shape index (κ3) is 6.98. The second-order valence-electron chi connectivity index (χ2n) is 6.57. The van der Waals surface area contributed by atoms with E-state index in [0.29, 0.717) is 41.0 Å². The Bertz CT molecular complexity index is 855. The number of hydrogen-bond donors (Lipinski definition) is 2. The van der Waals surface area contributed by atoms with E-state index >= 15 is 0 Å². The highest BCUT2D eigenvalue weighted by Gasteiger charge is 2.13. The minimum Gasteiger partial charge on any atom is -0.490 e. The Balaban J connectivity index is 1.99. The Hall–Kier alpha value is -2.73. The third-order valence-electron chi connectivity index (χ3n) is 3.94. The van der Waals surface area contributed by atoms with Gasteiger partial charge < -0.3 is 20.1 Å². The van der Waals surface area contributed by atoms with Gasteiger partial charge in [-0.1, -0.05) is 31.5 Å². The fourth-order valence-corrected chi connectivity index (χ4v) is 2.77. The van der Waals surface area contributed by atoms with Crippen LogP contribution in [0, 0.1) is 6.92 Å². The van der Waals surface area contributed by atoms with Crippen LogP contribution in [0.15, 0.2) is 36.4 Å². The minimum absolute atomic E-state index is 0.178. The second-order valence-corrected chi connectivity index (χ2v) is 6.98. The molecular formula is C22H27ClN2O4. The van der Waals surface area contributed by atoms with Crippen molar-refractivity contribution in [3.8, 4) is 11.5 Å². The zero-order valence-corrected chi connectivity index (χ0v) is 17.8. The van der Waals surface area contributed by atoms with Gasteiger partial charge >= 0.3 is 0 Å². The lowest BCUT2D eigenvalue weighted by Crippen LogP contribution is -2.32. The molecule has 0 bridgehead atoms. The standard InChI is InChI=1S/C22H27ClN2O4/c1-4-10-28-19-9-7-16(13-20(19)29-11-5-2)22(27)24-14-21(26)25-18-8-6-15(3)12-17(18)23/h6-9,12-13H,4-5,10-11,14H2,1-3H3,(H,24,27)(H,25,26). The summed E-state index contributed by atoms with van der Waals surface area (Å²) in [6.07, 6.45) is 1.71. The van der Waals surface area contributed by atoms with E-state index in [1.54, 1.807) is 30.3 Å². The Morgan fingerprint density at radius 3 is 2.31 bits per heavy atom. The highest BCUT2D eigenvalue weighted by atomic mass is 35.5. The molecule has 6 nitrogen and oxygen atoms in total. The monoisotopic (exact) mass is 418 g/mol. The van der Waals surface area contributed by atoms with Gasteiger partial charge in [-0.3, -0.25) is 9.59 Å². The second kappa shape index (κ2) is 11.3. The molecule has 2 aromatic rings. The first-order chi connectivity index (χ1) is 13.9. The summed E-state index contributed by atoms with van der Waals surface area (Å²) >= 11 is 6.11. The summed E-state index contributed by atoms with van der Waals surface area (Å²) in [5.41, 5.74) is 1.89. The van der Waals surface area contributed by atoms with Gasteiger partial charge in [0.1, 0.15) is 0 Å². The summed E-state index contributed by atoms with van der Waals surface area (Å²) in [7, 11) is 0. The van der Waals surface area contributed by atoms with Gasteiger partial charge in [-0.15, -0.1) is 0 Å². The molecular weight excluding hydrogens is 392 g/mol. The van der Waals surface area contributed by atoms with Crippen molar-refractivity contribution < 1.29 is 19.1 Å². The van der Waals surface area contributed by atoms with Crippen LogP contribution >= 0.6 is 11.6 Å². The fraction of sp³-hybridized carbons (Fsp3) is 0.364. The average Bonchev–Trinajstić information content (AvgIpc) is 2.71. The van der Waals surface area contributed by atoms with E-state index in [2.05, 4.69) is 10.6 Å². The number of benzene rings is 2. The molecule has 0 aromatic heterocycles. The largest absolute Gasteiger partial charge is 0.490 e. The predicted molar refractivity (Wildman–Crippen MR) is 115 cm³/mol. The first-order valence-electron chi connectivity index (χ1n) is 9.68.